The second-order valence-corrected chi connectivity index (χ2v) is 7.58. The van der Waals surface area contributed by atoms with Gasteiger partial charge < -0.3 is 10.6 Å². The molecule has 0 atom stereocenters. The molecule has 0 aliphatic carbocycles. The van der Waals surface area contributed by atoms with E-state index in [1.807, 2.05) is 23.5 Å². The first-order valence-corrected chi connectivity index (χ1v) is 9.44. The first-order valence-electron chi connectivity index (χ1n) is 7.24. The molecule has 0 aromatic rings. The fourth-order valence-electron chi connectivity index (χ4n) is 2.38. The Labute approximate surface area is 124 Å². The van der Waals surface area contributed by atoms with E-state index in [1.165, 1.54) is 37.4 Å². The summed E-state index contributed by atoms with van der Waals surface area (Å²) in [5, 5.41) is 7.07. The minimum Gasteiger partial charge on any atom is -0.354 e. The average Bonchev–Trinajstić information content (AvgIpc) is 2.47. The van der Waals surface area contributed by atoms with Crippen LogP contribution in [0.15, 0.2) is 0 Å². The monoisotopic (exact) mass is 303 g/mol. The number of carbonyl (C=O) groups is 1. The summed E-state index contributed by atoms with van der Waals surface area (Å²) in [6, 6.07) is 0. The zero-order valence-electron chi connectivity index (χ0n) is 11.5. The molecule has 4 nitrogen and oxygen atoms in total. The molecule has 0 aromatic carbocycles. The molecule has 2 saturated heterocycles. The predicted molar refractivity (Wildman–Crippen MR) is 85.1 cm³/mol. The SMILES string of the molecule is O=C(CSC1CCNCC1)NCCN1CCSCC1. The molecule has 2 heterocycles. The first-order chi connectivity index (χ1) is 9.34. The van der Waals surface area contributed by atoms with Gasteiger partial charge in [-0.2, -0.15) is 11.8 Å². The van der Waals surface area contributed by atoms with E-state index in [1.54, 1.807) is 0 Å². The Balaban J connectivity index is 1.49. The third-order valence-electron chi connectivity index (χ3n) is 3.59. The van der Waals surface area contributed by atoms with E-state index in [-0.39, 0.29) is 5.91 Å². The number of rotatable bonds is 6. The molecular weight excluding hydrogens is 278 g/mol. The molecule has 110 valence electrons. The van der Waals surface area contributed by atoms with Gasteiger partial charge >= 0.3 is 0 Å². The van der Waals surface area contributed by atoms with Crippen LogP contribution in [0.4, 0.5) is 0 Å². The van der Waals surface area contributed by atoms with Gasteiger partial charge in [0.2, 0.25) is 5.91 Å². The van der Waals surface area contributed by atoms with Gasteiger partial charge in [-0.05, 0) is 25.9 Å². The van der Waals surface area contributed by atoms with Crippen LogP contribution in [0.25, 0.3) is 0 Å². The van der Waals surface area contributed by atoms with Crippen LogP contribution in [0.2, 0.25) is 0 Å². The van der Waals surface area contributed by atoms with Gasteiger partial charge in [-0.3, -0.25) is 9.69 Å². The van der Waals surface area contributed by atoms with Crippen LogP contribution in [0.5, 0.6) is 0 Å². The van der Waals surface area contributed by atoms with Crippen LogP contribution in [-0.2, 0) is 4.79 Å². The Morgan fingerprint density at radius 1 is 1.32 bits per heavy atom. The maximum absolute atomic E-state index is 11.8. The van der Waals surface area contributed by atoms with Crippen molar-refractivity contribution in [2.75, 3.05) is 56.5 Å². The molecule has 0 spiro atoms. The number of hydrogen-bond acceptors (Lipinski definition) is 5. The number of piperidine rings is 1. The second-order valence-electron chi connectivity index (χ2n) is 5.06. The third-order valence-corrected chi connectivity index (χ3v) is 5.90. The van der Waals surface area contributed by atoms with Gasteiger partial charge in [-0.15, -0.1) is 11.8 Å². The Bertz CT molecular complexity index is 267. The van der Waals surface area contributed by atoms with Crippen LogP contribution >= 0.6 is 23.5 Å². The number of thioether (sulfide) groups is 2. The highest BCUT2D eigenvalue weighted by molar-refractivity contribution is 8.00. The molecule has 19 heavy (non-hydrogen) atoms. The van der Waals surface area contributed by atoms with Crippen LogP contribution in [0, 0.1) is 0 Å². The van der Waals surface area contributed by atoms with Crippen molar-refractivity contribution in [1.29, 1.82) is 0 Å². The van der Waals surface area contributed by atoms with E-state index in [0.29, 0.717) is 11.0 Å². The summed E-state index contributed by atoms with van der Waals surface area (Å²) >= 11 is 3.85. The van der Waals surface area contributed by atoms with E-state index in [4.69, 9.17) is 0 Å². The lowest BCUT2D eigenvalue weighted by atomic mass is 10.2. The lowest BCUT2D eigenvalue weighted by Crippen LogP contribution is -2.39. The molecular formula is C13H25N3OS2. The maximum Gasteiger partial charge on any atom is 0.230 e. The molecule has 2 rings (SSSR count). The Morgan fingerprint density at radius 3 is 2.79 bits per heavy atom. The highest BCUT2D eigenvalue weighted by Crippen LogP contribution is 2.19. The fraction of sp³-hybridized carbons (Fsp3) is 0.923. The summed E-state index contributed by atoms with van der Waals surface area (Å²) in [6.07, 6.45) is 2.40. The molecule has 2 fully saturated rings. The number of nitrogens with zero attached hydrogens (tertiary/aromatic N) is 1. The Hall–Kier alpha value is 0.0900. The number of hydrogen-bond donors (Lipinski definition) is 2. The standard InChI is InChI=1S/C13H25N3OS2/c17-13(11-19-12-1-3-14-4-2-12)15-5-6-16-7-9-18-10-8-16/h12,14H,1-11H2,(H,15,17). The minimum absolute atomic E-state index is 0.204. The van der Waals surface area contributed by atoms with Crippen LogP contribution in [-0.4, -0.2) is 72.6 Å². The average molecular weight is 303 g/mol. The van der Waals surface area contributed by atoms with E-state index in [0.717, 1.165) is 26.2 Å². The molecule has 0 unspecified atom stereocenters. The molecule has 1 amide bonds. The molecule has 2 aliphatic rings. The molecule has 0 bridgehead atoms. The summed E-state index contributed by atoms with van der Waals surface area (Å²) in [4.78, 5) is 14.2. The van der Waals surface area contributed by atoms with E-state index in [9.17, 15) is 4.79 Å². The van der Waals surface area contributed by atoms with E-state index >= 15 is 0 Å². The van der Waals surface area contributed by atoms with Crippen LogP contribution in [0.1, 0.15) is 12.8 Å². The quantitative estimate of drug-likeness (QED) is 0.754. The normalized spacial score (nSPS) is 22.3. The van der Waals surface area contributed by atoms with Crippen molar-refractivity contribution in [1.82, 2.24) is 15.5 Å². The summed E-state index contributed by atoms with van der Waals surface area (Å²) in [5.41, 5.74) is 0. The number of amides is 1. The fourth-order valence-corrected chi connectivity index (χ4v) is 4.42. The zero-order chi connectivity index (χ0) is 13.3. The van der Waals surface area contributed by atoms with Crippen molar-refractivity contribution in [3.8, 4) is 0 Å². The van der Waals surface area contributed by atoms with Crippen molar-refractivity contribution in [2.45, 2.75) is 18.1 Å². The summed E-state index contributed by atoms with van der Waals surface area (Å²) in [7, 11) is 0. The van der Waals surface area contributed by atoms with Crippen molar-refractivity contribution in [3.63, 3.8) is 0 Å². The summed E-state index contributed by atoms with van der Waals surface area (Å²) < 4.78 is 0. The Kier molecular flexibility index (Phi) is 7.42. The van der Waals surface area contributed by atoms with Crippen LogP contribution < -0.4 is 10.6 Å². The highest BCUT2D eigenvalue weighted by atomic mass is 32.2. The maximum atomic E-state index is 11.8. The topological polar surface area (TPSA) is 44.4 Å². The third kappa shape index (κ3) is 6.38. The van der Waals surface area contributed by atoms with E-state index in [2.05, 4.69) is 15.5 Å². The van der Waals surface area contributed by atoms with Crippen molar-refractivity contribution in [3.05, 3.63) is 0 Å². The largest absolute Gasteiger partial charge is 0.354 e. The smallest absolute Gasteiger partial charge is 0.230 e. The number of carbonyl (C=O) groups excluding carboxylic acids is 1. The molecule has 0 aromatic heterocycles. The van der Waals surface area contributed by atoms with Gasteiger partial charge in [-0.25, -0.2) is 0 Å². The van der Waals surface area contributed by atoms with Gasteiger partial charge in [0.1, 0.15) is 0 Å². The van der Waals surface area contributed by atoms with Gasteiger partial charge in [-0.1, -0.05) is 0 Å². The summed E-state index contributed by atoms with van der Waals surface area (Å²) in [6.45, 7) is 6.35. The van der Waals surface area contributed by atoms with E-state index < -0.39 is 0 Å². The lowest BCUT2D eigenvalue weighted by molar-refractivity contribution is -0.118. The molecule has 2 aliphatic heterocycles. The highest BCUT2D eigenvalue weighted by Gasteiger charge is 2.15. The van der Waals surface area contributed by atoms with Gasteiger partial charge in [0.15, 0.2) is 0 Å². The lowest BCUT2D eigenvalue weighted by Gasteiger charge is -2.26. The molecule has 0 saturated carbocycles. The van der Waals surface area contributed by atoms with Gasteiger partial charge in [0, 0.05) is 42.9 Å². The zero-order valence-corrected chi connectivity index (χ0v) is 13.2. The van der Waals surface area contributed by atoms with Crippen molar-refractivity contribution >= 4 is 29.4 Å². The molecule has 6 heteroatoms. The summed E-state index contributed by atoms with van der Waals surface area (Å²) in [5.74, 6) is 3.30. The molecule has 0 radical (unpaired) electrons. The van der Waals surface area contributed by atoms with Gasteiger partial charge in [0.05, 0.1) is 5.75 Å². The second kappa shape index (κ2) is 9.10. The first kappa shape index (κ1) is 15.5. The minimum atomic E-state index is 0.204. The van der Waals surface area contributed by atoms with Crippen LogP contribution in [0.3, 0.4) is 0 Å². The predicted octanol–water partition coefficient (Wildman–Crippen LogP) is 0.637. The molecule has 2 N–H and O–H groups in total. The van der Waals surface area contributed by atoms with Gasteiger partial charge in [0.25, 0.3) is 0 Å². The van der Waals surface area contributed by atoms with Crippen molar-refractivity contribution < 1.29 is 4.79 Å². The van der Waals surface area contributed by atoms with Crippen molar-refractivity contribution in [2.24, 2.45) is 0 Å². The number of nitrogens with one attached hydrogen (secondary N) is 2. The Morgan fingerprint density at radius 2 is 2.05 bits per heavy atom.